The Kier molecular flexibility index (Phi) is 5.51. The van der Waals surface area contributed by atoms with Crippen molar-refractivity contribution >= 4 is 0 Å². The molecule has 1 saturated heterocycles. The van der Waals surface area contributed by atoms with Gasteiger partial charge in [0.15, 0.2) is 0 Å². The summed E-state index contributed by atoms with van der Waals surface area (Å²) in [5.74, 6) is 0.303. The highest BCUT2D eigenvalue weighted by atomic mass is 16.3. The fourth-order valence-corrected chi connectivity index (χ4v) is 3.81. The molecule has 4 nitrogen and oxygen atoms in total. The fourth-order valence-electron chi connectivity index (χ4n) is 3.81. The van der Waals surface area contributed by atoms with Crippen LogP contribution in [0, 0.1) is 0 Å². The van der Waals surface area contributed by atoms with E-state index >= 15 is 0 Å². The number of phenols is 1. The first-order valence-corrected chi connectivity index (χ1v) is 8.89. The van der Waals surface area contributed by atoms with E-state index in [0.717, 1.165) is 30.8 Å². The molecule has 2 aromatic rings. The van der Waals surface area contributed by atoms with Gasteiger partial charge in [0.1, 0.15) is 5.75 Å². The second kappa shape index (κ2) is 7.81. The number of aromatic nitrogens is 1. The third-order valence-electron chi connectivity index (χ3n) is 5.04. The number of piperazine rings is 1. The molecular formula is C21H27N3O. The van der Waals surface area contributed by atoms with Crippen LogP contribution in [0.4, 0.5) is 0 Å². The average molecular weight is 337 g/mol. The Bertz CT molecular complexity index is 703. The molecular weight excluding hydrogens is 310 g/mol. The molecule has 0 spiro atoms. The molecule has 3 rings (SSSR count). The minimum atomic E-state index is 0.0872. The first kappa shape index (κ1) is 17.6. The molecule has 25 heavy (non-hydrogen) atoms. The highest BCUT2D eigenvalue weighted by Crippen LogP contribution is 2.34. The van der Waals surface area contributed by atoms with Gasteiger partial charge in [0.05, 0.1) is 6.04 Å². The zero-order chi connectivity index (χ0) is 17.8. The van der Waals surface area contributed by atoms with Crippen LogP contribution in [-0.2, 0) is 0 Å². The minimum absolute atomic E-state index is 0.0872. The number of benzene rings is 1. The van der Waals surface area contributed by atoms with Crippen molar-refractivity contribution in [1.82, 2.24) is 14.8 Å². The standard InChI is InChI=1S/C21H27N3O/c1-4-11-23-14-17(3)24(15-16(23)2)21(19-8-6-10-22-13-19)18-7-5-9-20(25)12-18/h4-10,12-13,16-17,21,25H,1,11,14-15H2,2-3H3/t16?,17-,21?/m0/s1. The molecule has 132 valence electrons. The number of hydrogen-bond acceptors (Lipinski definition) is 4. The SMILES string of the molecule is C=CCN1C[C@H](C)N(C(c2cccnc2)c2cccc(O)c2)CC1C. The van der Waals surface area contributed by atoms with E-state index in [4.69, 9.17) is 0 Å². The van der Waals surface area contributed by atoms with Crippen molar-refractivity contribution in [3.63, 3.8) is 0 Å². The summed E-state index contributed by atoms with van der Waals surface area (Å²) in [6.45, 7) is 11.3. The number of rotatable bonds is 5. The minimum Gasteiger partial charge on any atom is -0.508 e. The van der Waals surface area contributed by atoms with Gasteiger partial charge in [-0.1, -0.05) is 24.3 Å². The summed E-state index contributed by atoms with van der Waals surface area (Å²) in [7, 11) is 0. The molecule has 4 heteroatoms. The molecule has 1 fully saturated rings. The number of phenolic OH excluding ortho intramolecular Hbond substituents is 1. The third-order valence-corrected chi connectivity index (χ3v) is 5.04. The quantitative estimate of drug-likeness (QED) is 0.848. The Labute approximate surface area is 150 Å². The highest BCUT2D eigenvalue weighted by molar-refractivity contribution is 5.35. The molecule has 0 saturated carbocycles. The lowest BCUT2D eigenvalue weighted by atomic mass is 9.94. The Morgan fingerprint density at radius 2 is 2.00 bits per heavy atom. The van der Waals surface area contributed by atoms with Gasteiger partial charge >= 0.3 is 0 Å². The van der Waals surface area contributed by atoms with Crippen molar-refractivity contribution < 1.29 is 5.11 Å². The van der Waals surface area contributed by atoms with E-state index in [-0.39, 0.29) is 6.04 Å². The summed E-state index contributed by atoms with van der Waals surface area (Å²) < 4.78 is 0. The lowest BCUT2D eigenvalue weighted by molar-refractivity contribution is 0.0305. The highest BCUT2D eigenvalue weighted by Gasteiger charge is 2.34. The number of nitrogens with zero attached hydrogens (tertiary/aromatic N) is 3. The maximum Gasteiger partial charge on any atom is 0.115 e. The Hall–Kier alpha value is -2.17. The monoisotopic (exact) mass is 337 g/mol. The van der Waals surface area contributed by atoms with E-state index in [2.05, 4.69) is 47.3 Å². The van der Waals surface area contributed by atoms with Crippen LogP contribution < -0.4 is 0 Å². The molecule has 1 aromatic heterocycles. The summed E-state index contributed by atoms with van der Waals surface area (Å²) in [4.78, 5) is 9.32. The van der Waals surface area contributed by atoms with Crippen LogP contribution in [0.2, 0.25) is 0 Å². The molecule has 2 heterocycles. The molecule has 1 aliphatic rings. The summed E-state index contributed by atoms with van der Waals surface area (Å²) in [6.07, 6.45) is 5.71. The smallest absolute Gasteiger partial charge is 0.115 e. The van der Waals surface area contributed by atoms with Gasteiger partial charge < -0.3 is 5.11 Å². The van der Waals surface area contributed by atoms with Crippen LogP contribution in [0.1, 0.15) is 31.0 Å². The van der Waals surface area contributed by atoms with E-state index in [9.17, 15) is 5.11 Å². The Balaban J connectivity index is 1.96. The van der Waals surface area contributed by atoms with Gasteiger partial charge in [0, 0.05) is 44.1 Å². The van der Waals surface area contributed by atoms with Crippen LogP contribution >= 0.6 is 0 Å². The maximum atomic E-state index is 9.98. The maximum absolute atomic E-state index is 9.98. The lowest BCUT2D eigenvalue weighted by Crippen LogP contribution is -2.57. The van der Waals surface area contributed by atoms with Crippen molar-refractivity contribution in [2.45, 2.75) is 32.0 Å². The van der Waals surface area contributed by atoms with Crippen molar-refractivity contribution in [2.24, 2.45) is 0 Å². The van der Waals surface area contributed by atoms with Gasteiger partial charge in [-0.05, 0) is 43.2 Å². The summed E-state index contributed by atoms with van der Waals surface area (Å²) in [5, 5.41) is 9.98. The predicted octanol–water partition coefficient (Wildman–Crippen LogP) is 3.46. The van der Waals surface area contributed by atoms with Crippen molar-refractivity contribution in [1.29, 1.82) is 0 Å². The van der Waals surface area contributed by atoms with E-state index < -0.39 is 0 Å². The average Bonchev–Trinajstić information content (AvgIpc) is 2.60. The van der Waals surface area contributed by atoms with Gasteiger partial charge in [-0.15, -0.1) is 6.58 Å². The first-order valence-electron chi connectivity index (χ1n) is 8.89. The largest absolute Gasteiger partial charge is 0.508 e. The van der Waals surface area contributed by atoms with Crippen LogP contribution in [0.15, 0.2) is 61.4 Å². The van der Waals surface area contributed by atoms with Crippen molar-refractivity contribution in [3.8, 4) is 5.75 Å². The Morgan fingerprint density at radius 3 is 2.68 bits per heavy atom. The van der Waals surface area contributed by atoms with E-state index in [1.54, 1.807) is 12.3 Å². The molecule has 1 aromatic carbocycles. The van der Waals surface area contributed by atoms with Gasteiger partial charge in [-0.2, -0.15) is 0 Å². The molecule has 3 atom stereocenters. The summed E-state index contributed by atoms with van der Waals surface area (Å²) in [6, 6.07) is 12.6. The Morgan fingerprint density at radius 1 is 1.20 bits per heavy atom. The number of aromatic hydroxyl groups is 1. The fraction of sp³-hybridized carbons (Fsp3) is 0.381. The van der Waals surface area contributed by atoms with Gasteiger partial charge in [0.25, 0.3) is 0 Å². The normalized spacial score (nSPS) is 23.3. The van der Waals surface area contributed by atoms with E-state index in [0.29, 0.717) is 17.8 Å². The van der Waals surface area contributed by atoms with Gasteiger partial charge in [-0.25, -0.2) is 0 Å². The molecule has 1 aliphatic heterocycles. The van der Waals surface area contributed by atoms with Crippen LogP contribution in [0.5, 0.6) is 5.75 Å². The number of hydrogen-bond donors (Lipinski definition) is 1. The first-order chi connectivity index (χ1) is 12.1. The number of pyridine rings is 1. The molecule has 1 N–H and O–H groups in total. The van der Waals surface area contributed by atoms with Crippen LogP contribution in [0.3, 0.4) is 0 Å². The predicted molar refractivity (Wildman–Crippen MR) is 102 cm³/mol. The van der Waals surface area contributed by atoms with Gasteiger partial charge in [0.2, 0.25) is 0 Å². The molecule has 0 radical (unpaired) electrons. The molecule has 0 bridgehead atoms. The van der Waals surface area contributed by atoms with Crippen LogP contribution in [0.25, 0.3) is 0 Å². The van der Waals surface area contributed by atoms with Crippen molar-refractivity contribution in [3.05, 3.63) is 72.6 Å². The second-order valence-electron chi connectivity index (χ2n) is 6.92. The zero-order valence-corrected chi connectivity index (χ0v) is 15.0. The van der Waals surface area contributed by atoms with Crippen LogP contribution in [-0.4, -0.2) is 51.6 Å². The summed E-state index contributed by atoms with van der Waals surface area (Å²) >= 11 is 0. The van der Waals surface area contributed by atoms with Gasteiger partial charge in [-0.3, -0.25) is 14.8 Å². The molecule has 2 unspecified atom stereocenters. The molecule has 0 aliphatic carbocycles. The molecule has 0 amide bonds. The second-order valence-corrected chi connectivity index (χ2v) is 6.92. The lowest BCUT2D eigenvalue weighted by Gasteiger charge is -2.47. The summed E-state index contributed by atoms with van der Waals surface area (Å²) in [5.41, 5.74) is 2.26. The van der Waals surface area contributed by atoms with Crippen molar-refractivity contribution in [2.75, 3.05) is 19.6 Å². The zero-order valence-electron chi connectivity index (χ0n) is 15.0. The topological polar surface area (TPSA) is 39.6 Å². The van der Waals surface area contributed by atoms with E-state index in [1.807, 2.05) is 30.5 Å². The third kappa shape index (κ3) is 3.91. The van der Waals surface area contributed by atoms with E-state index in [1.165, 1.54) is 0 Å².